The molecule has 3 nitrogen and oxygen atoms in total. The van der Waals surface area contributed by atoms with Crippen molar-refractivity contribution in [3.05, 3.63) is 35.9 Å². The number of hydrogen-bond donors (Lipinski definition) is 0. The van der Waals surface area contributed by atoms with Crippen LogP contribution >= 0.6 is 0 Å². The number of likely N-dealkylation sites (tertiary alicyclic amines) is 1. The summed E-state index contributed by atoms with van der Waals surface area (Å²) in [6, 6.07) is 9.43. The summed E-state index contributed by atoms with van der Waals surface area (Å²) in [5, 5.41) is 0. The molecule has 1 fully saturated rings. The van der Waals surface area contributed by atoms with Crippen LogP contribution in [0.5, 0.6) is 0 Å². The van der Waals surface area contributed by atoms with Crippen molar-refractivity contribution >= 4 is 11.8 Å². The van der Waals surface area contributed by atoms with E-state index in [0.29, 0.717) is 6.42 Å². The van der Waals surface area contributed by atoms with Gasteiger partial charge in [-0.2, -0.15) is 0 Å². The Morgan fingerprint density at radius 1 is 1.21 bits per heavy atom. The van der Waals surface area contributed by atoms with Gasteiger partial charge in [-0.25, -0.2) is 0 Å². The first-order valence-electron chi connectivity index (χ1n) is 4.55. The zero-order chi connectivity index (χ0) is 10.1. The summed E-state index contributed by atoms with van der Waals surface area (Å²) in [4.78, 5) is 24.1. The number of nitrogens with zero attached hydrogens (tertiary/aromatic N) is 1. The van der Waals surface area contributed by atoms with Gasteiger partial charge in [0.25, 0.3) is 0 Å². The standard InChI is InChI=1S/C11H11NO2/c1-12-10(13)7-9(11(12)14)8-5-3-2-4-6-8/h2-6,9H,7H2,1H3. The van der Waals surface area contributed by atoms with Gasteiger partial charge in [-0.15, -0.1) is 0 Å². The van der Waals surface area contributed by atoms with E-state index in [1.807, 2.05) is 30.3 Å². The summed E-state index contributed by atoms with van der Waals surface area (Å²) in [6.45, 7) is 0. The third kappa shape index (κ3) is 1.31. The fourth-order valence-electron chi connectivity index (χ4n) is 1.70. The topological polar surface area (TPSA) is 37.4 Å². The molecule has 1 aliphatic rings. The van der Waals surface area contributed by atoms with Gasteiger partial charge in [-0.05, 0) is 5.56 Å². The van der Waals surface area contributed by atoms with Crippen LogP contribution in [0, 0.1) is 0 Å². The number of carbonyl (C=O) groups is 2. The molecular weight excluding hydrogens is 178 g/mol. The lowest BCUT2D eigenvalue weighted by Crippen LogP contribution is -2.25. The van der Waals surface area contributed by atoms with Gasteiger partial charge in [-0.3, -0.25) is 14.5 Å². The summed E-state index contributed by atoms with van der Waals surface area (Å²) in [6.07, 6.45) is 0.305. The first-order valence-corrected chi connectivity index (χ1v) is 4.55. The van der Waals surface area contributed by atoms with Gasteiger partial charge in [0.1, 0.15) is 0 Å². The normalized spacial score (nSPS) is 21.8. The van der Waals surface area contributed by atoms with E-state index in [-0.39, 0.29) is 17.7 Å². The zero-order valence-electron chi connectivity index (χ0n) is 7.93. The molecule has 2 rings (SSSR count). The molecule has 0 bridgehead atoms. The molecule has 0 N–H and O–H groups in total. The van der Waals surface area contributed by atoms with Crippen LogP contribution in [0.3, 0.4) is 0 Å². The molecular formula is C11H11NO2. The molecule has 14 heavy (non-hydrogen) atoms. The van der Waals surface area contributed by atoms with Crippen molar-refractivity contribution in [2.24, 2.45) is 0 Å². The molecule has 2 amide bonds. The van der Waals surface area contributed by atoms with Crippen molar-refractivity contribution in [2.75, 3.05) is 7.05 Å². The maximum absolute atomic E-state index is 11.6. The minimum atomic E-state index is -0.270. The predicted octanol–water partition coefficient (Wildman–Crippen LogP) is 1.16. The maximum Gasteiger partial charge on any atom is 0.236 e. The average molecular weight is 189 g/mol. The molecule has 0 aromatic heterocycles. The molecule has 1 heterocycles. The lowest BCUT2D eigenvalue weighted by Gasteiger charge is -2.08. The molecule has 0 saturated carbocycles. The van der Waals surface area contributed by atoms with Crippen molar-refractivity contribution in [1.82, 2.24) is 4.90 Å². The molecule has 1 aromatic rings. The fourth-order valence-corrected chi connectivity index (χ4v) is 1.70. The van der Waals surface area contributed by atoms with Gasteiger partial charge in [0, 0.05) is 13.5 Å². The molecule has 0 radical (unpaired) electrons. The van der Waals surface area contributed by atoms with Crippen LogP contribution < -0.4 is 0 Å². The molecule has 72 valence electrons. The number of amides is 2. The quantitative estimate of drug-likeness (QED) is 0.622. The maximum atomic E-state index is 11.6. The Balaban J connectivity index is 2.30. The van der Waals surface area contributed by atoms with E-state index in [1.54, 1.807) is 0 Å². The molecule has 1 aromatic carbocycles. The Morgan fingerprint density at radius 2 is 1.86 bits per heavy atom. The highest BCUT2D eigenvalue weighted by molar-refractivity contribution is 6.05. The first-order chi connectivity index (χ1) is 6.70. The van der Waals surface area contributed by atoms with E-state index in [2.05, 4.69) is 0 Å². The Labute approximate surface area is 82.3 Å². The highest BCUT2D eigenvalue weighted by Gasteiger charge is 2.36. The number of hydrogen-bond acceptors (Lipinski definition) is 2. The minimum Gasteiger partial charge on any atom is -0.285 e. The van der Waals surface area contributed by atoms with Crippen molar-refractivity contribution < 1.29 is 9.59 Å². The molecule has 1 unspecified atom stereocenters. The largest absolute Gasteiger partial charge is 0.285 e. The smallest absolute Gasteiger partial charge is 0.236 e. The van der Waals surface area contributed by atoms with Crippen LogP contribution in [0.1, 0.15) is 17.9 Å². The highest BCUT2D eigenvalue weighted by atomic mass is 16.2. The molecule has 0 spiro atoms. The van der Waals surface area contributed by atoms with Crippen molar-refractivity contribution in [2.45, 2.75) is 12.3 Å². The van der Waals surface area contributed by atoms with Gasteiger partial charge < -0.3 is 0 Å². The molecule has 1 atom stereocenters. The number of benzene rings is 1. The van der Waals surface area contributed by atoms with Gasteiger partial charge in [0.15, 0.2) is 0 Å². The molecule has 3 heteroatoms. The lowest BCUT2D eigenvalue weighted by molar-refractivity contribution is -0.137. The zero-order valence-corrected chi connectivity index (χ0v) is 7.93. The van der Waals surface area contributed by atoms with Gasteiger partial charge in [0.2, 0.25) is 11.8 Å². The third-order valence-corrected chi connectivity index (χ3v) is 2.58. The second-order valence-corrected chi connectivity index (χ2v) is 3.46. The summed E-state index contributed by atoms with van der Waals surface area (Å²) in [7, 11) is 1.54. The van der Waals surface area contributed by atoms with E-state index in [9.17, 15) is 9.59 Å². The SMILES string of the molecule is CN1C(=O)CC(c2ccccc2)C1=O. The predicted molar refractivity (Wildman–Crippen MR) is 51.6 cm³/mol. The van der Waals surface area contributed by atoms with Crippen LogP contribution in [0.4, 0.5) is 0 Å². The van der Waals surface area contributed by atoms with E-state index in [4.69, 9.17) is 0 Å². The van der Waals surface area contributed by atoms with E-state index in [0.717, 1.165) is 5.56 Å². The Kier molecular flexibility index (Phi) is 2.08. The number of likely N-dealkylation sites (N-methyl/N-ethyl adjacent to an activating group) is 1. The van der Waals surface area contributed by atoms with Crippen molar-refractivity contribution in [3.63, 3.8) is 0 Å². The van der Waals surface area contributed by atoms with E-state index < -0.39 is 0 Å². The van der Waals surface area contributed by atoms with E-state index in [1.165, 1.54) is 11.9 Å². The average Bonchev–Trinajstić information content (AvgIpc) is 2.47. The monoisotopic (exact) mass is 189 g/mol. The number of carbonyl (C=O) groups excluding carboxylic acids is 2. The summed E-state index contributed by atoms with van der Waals surface area (Å²) >= 11 is 0. The highest BCUT2D eigenvalue weighted by Crippen LogP contribution is 2.27. The molecule has 1 aliphatic heterocycles. The second kappa shape index (κ2) is 3.25. The summed E-state index contributed by atoms with van der Waals surface area (Å²) in [5.41, 5.74) is 0.926. The van der Waals surface area contributed by atoms with Crippen LogP contribution in [0.25, 0.3) is 0 Å². The fraction of sp³-hybridized carbons (Fsp3) is 0.273. The number of rotatable bonds is 1. The molecule has 0 aliphatic carbocycles. The minimum absolute atomic E-state index is 0.0937. The summed E-state index contributed by atoms with van der Waals surface area (Å²) < 4.78 is 0. The molecule has 1 saturated heterocycles. The number of imide groups is 1. The first kappa shape index (κ1) is 8.94. The van der Waals surface area contributed by atoms with Gasteiger partial charge in [0.05, 0.1) is 5.92 Å². The third-order valence-electron chi connectivity index (χ3n) is 2.58. The van der Waals surface area contributed by atoms with Crippen LogP contribution in [0.2, 0.25) is 0 Å². The Bertz CT molecular complexity index is 372. The van der Waals surface area contributed by atoms with Crippen LogP contribution in [-0.2, 0) is 9.59 Å². The van der Waals surface area contributed by atoms with E-state index >= 15 is 0 Å². The van der Waals surface area contributed by atoms with Crippen LogP contribution in [-0.4, -0.2) is 23.8 Å². The van der Waals surface area contributed by atoms with Gasteiger partial charge in [-0.1, -0.05) is 30.3 Å². The lowest BCUT2D eigenvalue weighted by atomic mass is 9.98. The Morgan fingerprint density at radius 3 is 2.36 bits per heavy atom. The second-order valence-electron chi connectivity index (χ2n) is 3.46. The Hall–Kier alpha value is -1.64. The van der Waals surface area contributed by atoms with Crippen LogP contribution in [0.15, 0.2) is 30.3 Å². The summed E-state index contributed by atoms with van der Waals surface area (Å²) in [5.74, 6) is -0.459. The van der Waals surface area contributed by atoms with Crippen molar-refractivity contribution in [1.29, 1.82) is 0 Å². The van der Waals surface area contributed by atoms with Gasteiger partial charge >= 0.3 is 0 Å². The van der Waals surface area contributed by atoms with Crippen molar-refractivity contribution in [3.8, 4) is 0 Å².